The molecular weight excluding hydrogens is 360 g/mol. The van der Waals surface area contributed by atoms with E-state index < -0.39 is 0 Å². The molecule has 0 aromatic carbocycles. The minimum atomic E-state index is 0.503. The van der Waals surface area contributed by atoms with Gasteiger partial charge in [-0.25, -0.2) is 9.97 Å². The van der Waals surface area contributed by atoms with E-state index in [1.165, 1.54) is 31.6 Å². The van der Waals surface area contributed by atoms with Crippen LogP contribution in [0.4, 0.5) is 5.95 Å². The minimum absolute atomic E-state index is 0.503. The van der Waals surface area contributed by atoms with E-state index in [1.54, 1.807) is 0 Å². The van der Waals surface area contributed by atoms with Crippen molar-refractivity contribution in [3.8, 4) is 0 Å². The van der Waals surface area contributed by atoms with Crippen molar-refractivity contribution < 1.29 is 0 Å². The molecule has 0 radical (unpaired) electrons. The third-order valence-electron chi connectivity index (χ3n) is 6.59. The van der Waals surface area contributed by atoms with Gasteiger partial charge in [-0.05, 0) is 38.8 Å². The fourth-order valence-corrected chi connectivity index (χ4v) is 4.68. The number of hydrogen-bond donors (Lipinski definition) is 0. The number of rotatable bonds is 8. The summed E-state index contributed by atoms with van der Waals surface area (Å²) in [6.07, 6.45) is 7.69. The Bertz CT molecular complexity index is 582. The van der Waals surface area contributed by atoms with Crippen molar-refractivity contribution in [1.82, 2.24) is 24.7 Å². The Hall–Kier alpha value is -1.24. The second-order valence-electron chi connectivity index (χ2n) is 9.44. The highest BCUT2D eigenvalue weighted by Crippen LogP contribution is 2.24. The van der Waals surface area contributed by atoms with Crippen LogP contribution < -0.4 is 4.90 Å². The molecule has 1 aromatic heterocycles. The normalized spacial score (nSPS) is 25.1. The molecule has 0 amide bonds. The van der Waals surface area contributed by atoms with Crippen LogP contribution in [0.2, 0.25) is 0 Å². The van der Waals surface area contributed by atoms with Crippen LogP contribution in [0.15, 0.2) is 12.4 Å². The van der Waals surface area contributed by atoms with Gasteiger partial charge in [-0.2, -0.15) is 0 Å². The predicted molar refractivity (Wildman–Crippen MR) is 121 cm³/mol. The Balaban J connectivity index is 1.55. The van der Waals surface area contributed by atoms with Crippen LogP contribution in [-0.2, 0) is 6.54 Å². The lowest BCUT2D eigenvalue weighted by Gasteiger charge is -2.45. The highest BCUT2D eigenvalue weighted by molar-refractivity contribution is 5.35. The van der Waals surface area contributed by atoms with E-state index in [4.69, 9.17) is 9.97 Å². The first-order chi connectivity index (χ1) is 14.0. The van der Waals surface area contributed by atoms with Crippen LogP contribution in [0.1, 0.15) is 52.5 Å². The molecule has 6 heteroatoms. The molecule has 3 rings (SSSR count). The van der Waals surface area contributed by atoms with Gasteiger partial charge < -0.3 is 14.7 Å². The zero-order valence-electron chi connectivity index (χ0n) is 19.3. The maximum absolute atomic E-state index is 4.81. The molecule has 0 spiro atoms. The van der Waals surface area contributed by atoms with Gasteiger partial charge in [0.05, 0.1) is 0 Å². The Morgan fingerprint density at radius 3 is 2.00 bits per heavy atom. The molecule has 2 saturated heterocycles. The summed E-state index contributed by atoms with van der Waals surface area (Å²) in [7, 11) is 2.23. The SMILES string of the molecule is CCC1CN(C)CC(CC)N1c1ncc(CN2CCN(CCC(C)C)CC2)cn1. The van der Waals surface area contributed by atoms with Gasteiger partial charge in [-0.15, -0.1) is 0 Å². The lowest BCUT2D eigenvalue weighted by atomic mass is 10.0. The Morgan fingerprint density at radius 2 is 1.48 bits per heavy atom. The smallest absolute Gasteiger partial charge is 0.225 e. The van der Waals surface area contributed by atoms with E-state index >= 15 is 0 Å². The first-order valence-electron chi connectivity index (χ1n) is 11.7. The lowest BCUT2D eigenvalue weighted by molar-refractivity contribution is 0.123. The highest BCUT2D eigenvalue weighted by Gasteiger charge is 2.32. The van der Waals surface area contributed by atoms with Crippen molar-refractivity contribution in [2.75, 3.05) is 57.8 Å². The topological polar surface area (TPSA) is 38.7 Å². The van der Waals surface area contributed by atoms with Crippen LogP contribution in [0.25, 0.3) is 0 Å². The van der Waals surface area contributed by atoms with Gasteiger partial charge in [0.25, 0.3) is 0 Å². The summed E-state index contributed by atoms with van der Waals surface area (Å²) in [6.45, 7) is 18.2. The molecule has 29 heavy (non-hydrogen) atoms. The zero-order chi connectivity index (χ0) is 20.8. The zero-order valence-corrected chi connectivity index (χ0v) is 19.3. The van der Waals surface area contributed by atoms with Crippen LogP contribution >= 0.6 is 0 Å². The van der Waals surface area contributed by atoms with Crippen molar-refractivity contribution in [1.29, 1.82) is 0 Å². The molecule has 2 atom stereocenters. The van der Waals surface area contributed by atoms with Gasteiger partial charge in [0.15, 0.2) is 0 Å². The molecular formula is C23H42N6. The Morgan fingerprint density at radius 1 is 0.931 bits per heavy atom. The second kappa shape index (κ2) is 10.7. The standard InChI is InChI=1S/C23H42N6/c1-6-21-17-26(5)18-22(7-2)29(21)23-24-14-20(15-25-23)16-28-12-10-27(11-13-28)9-8-19(3)4/h14-15,19,21-22H,6-13,16-18H2,1-5H3. The fourth-order valence-electron chi connectivity index (χ4n) is 4.68. The molecule has 164 valence electrons. The summed E-state index contributed by atoms with van der Waals surface area (Å²) in [6, 6.07) is 1.01. The van der Waals surface area contributed by atoms with Gasteiger partial charge in [-0.3, -0.25) is 4.90 Å². The van der Waals surface area contributed by atoms with Gasteiger partial charge >= 0.3 is 0 Å². The quantitative estimate of drug-likeness (QED) is 0.666. The Labute approximate surface area is 178 Å². The third-order valence-corrected chi connectivity index (χ3v) is 6.59. The molecule has 0 bridgehead atoms. The summed E-state index contributed by atoms with van der Waals surface area (Å²) in [5, 5.41) is 0. The molecule has 0 saturated carbocycles. The molecule has 1 aromatic rings. The summed E-state index contributed by atoms with van der Waals surface area (Å²) in [4.78, 5) is 19.7. The summed E-state index contributed by atoms with van der Waals surface area (Å²) in [5.74, 6) is 1.71. The van der Waals surface area contributed by atoms with Crippen molar-refractivity contribution in [2.45, 2.75) is 65.6 Å². The third kappa shape index (κ3) is 6.12. The average molecular weight is 403 g/mol. The first kappa shape index (κ1) is 22.4. The van der Waals surface area contributed by atoms with E-state index in [0.29, 0.717) is 12.1 Å². The van der Waals surface area contributed by atoms with E-state index in [-0.39, 0.29) is 0 Å². The number of nitrogens with zero attached hydrogens (tertiary/aromatic N) is 6. The molecule has 0 aliphatic carbocycles. The summed E-state index contributed by atoms with van der Waals surface area (Å²) in [5.41, 5.74) is 1.24. The van der Waals surface area contributed by atoms with Crippen LogP contribution in [0.5, 0.6) is 0 Å². The maximum atomic E-state index is 4.81. The molecule has 6 nitrogen and oxygen atoms in total. The maximum Gasteiger partial charge on any atom is 0.225 e. The lowest BCUT2D eigenvalue weighted by Crippen LogP contribution is -2.58. The van der Waals surface area contributed by atoms with E-state index in [2.05, 4.69) is 66.7 Å². The van der Waals surface area contributed by atoms with Gasteiger partial charge in [-0.1, -0.05) is 27.7 Å². The largest absolute Gasteiger partial charge is 0.332 e. The predicted octanol–water partition coefficient (Wildman–Crippen LogP) is 2.95. The molecule has 2 unspecified atom stereocenters. The van der Waals surface area contributed by atoms with Gasteiger partial charge in [0.1, 0.15) is 0 Å². The molecule has 0 N–H and O–H groups in total. The molecule has 2 fully saturated rings. The molecule has 2 aliphatic rings. The number of hydrogen-bond acceptors (Lipinski definition) is 6. The van der Waals surface area contributed by atoms with E-state index in [0.717, 1.165) is 57.4 Å². The van der Waals surface area contributed by atoms with Gasteiger partial charge in [0.2, 0.25) is 5.95 Å². The fraction of sp³-hybridized carbons (Fsp3) is 0.826. The van der Waals surface area contributed by atoms with Crippen LogP contribution in [-0.4, -0.2) is 89.6 Å². The molecule has 2 aliphatic heterocycles. The number of likely N-dealkylation sites (N-methyl/N-ethyl adjacent to an activating group) is 1. The Kier molecular flexibility index (Phi) is 8.27. The van der Waals surface area contributed by atoms with Crippen molar-refractivity contribution >= 4 is 5.95 Å². The van der Waals surface area contributed by atoms with E-state index in [9.17, 15) is 0 Å². The van der Waals surface area contributed by atoms with Crippen molar-refractivity contribution in [3.05, 3.63) is 18.0 Å². The van der Waals surface area contributed by atoms with Crippen LogP contribution in [0, 0.1) is 5.92 Å². The number of anilines is 1. The minimum Gasteiger partial charge on any atom is -0.332 e. The summed E-state index contributed by atoms with van der Waals surface area (Å²) >= 11 is 0. The first-order valence-corrected chi connectivity index (χ1v) is 11.7. The second-order valence-corrected chi connectivity index (χ2v) is 9.44. The highest BCUT2D eigenvalue weighted by atomic mass is 15.4. The van der Waals surface area contributed by atoms with Crippen molar-refractivity contribution in [3.63, 3.8) is 0 Å². The monoisotopic (exact) mass is 402 g/mol. The number of aromatic nitrogens is 2. The van der Waals surface area contributed by atoms with Gasteiger partial charge in [0, 0.05) is 75.9 Å². The number of piperazine rings is 2. The van der Waals surface area contributed by atoms with Crippen molar-refractivity contribution in [2.24, 2.45) is 5.92 Å². The average Bonchev–Trinajstić information content (AvgIpc) is 2.73. The molecule has 3 heterocycles. The van der Waals surface area contributed by atoms with E-state index in [1.807, 2.05) is 0 Å². The summed E-state index contributed by atoms with van der Waals surface area (Å²) < 4.78 is 0. The van der Waals surface area contributed by atoms with Crippen LogP contribution in [0.3, 0.4) is 0 Å².